The Kier molecular flexibility index (Phi) is 3.19. The summed E-state index contributed by atoms with van der Waals surface area (Å²) in [7, 11) is 0. The Morgan fingerprint density at radius 3 is 2.61 bits per heavy atom. The van der Waals surface area contributed by atoms with Crippen LogP contribution < -0.4 is 16.2 Å². The van der Waals surface area contributed by atoms with Gasteiger partial charge in [0.1, 0.15) is 11.5 Å². The van der Waals surface area contributed by atoms with Crippen LogP contribution in [0.5, 0.6) is 11.5 Å². The van der Waals surface area contributed by atoms with Gasteiger partial charge in [0.25, 0.3) is 5.91 Å². The van der Waals surface area contributed by atoms with Crippen LogP contribution in [0.3, 0.4) is 0 Å². The number of carbonyl (C=O) groups is 1. The Morgan fingerprint density at radius 2 is 1.94 bits per heavy atom. The molecule has 0 aliphatic rings. The number of hydrogen-bond acceptors (Lipinski definition) is 3. The molecule has 4 N–H and O–H groups in total. The molecule has 0 unspecified atom stereocenters. The van der Waals surface area contributed by atoms with Crippen LogP contribution in [0.15, 0.2) is 42.5 Å². The fourth-order valence-electron chi connectivity index (χ4n) is 1.62. The molecule has 18 heavy (non-hydrogen) atoms. The number of aryl methyl sites for hydroxylation is 1. The monoisotopic (exact) mass is 242 g/mol. The van der Waals surface area contributed by atoms with Gasteiger partial charge in [-0.1, -0.05) is 12.1 Å². The van der Waals surface area contributed by atoms with Gasteiger partial charge in [-0.2, -0.15) is 0 Å². The van der Waals surface area contributed by atoms with Crippen LogP contribution in [-0.2, 0) is 0 Å². The van der Waals surface area contributed by atoms with Crippen LogP contribution in [0.1, 0.15) is 15.9 Å². The zero-order chi connectivity index (χ0) is 13.1. The Balaban J connectivity index is 2.39. The number of nitrogens with two attached hydrogens (primary N) is 2. The van der Waals surface area contributed by atoms with Crippen molar-refractivity contribution < 1.29 is 9.53 Å². The SMILES string of the molecule is Cc1ccc(C(N)=O)c(Oc2cccc(N)c2)c1. The highest BCUT2D eigenvalue weighted by atomic mass is 16.5. The second kappa shape index (κ2) is 4.79. The van der Waals surface area contributed by atoms with E-state index in [4.69, 9.17) is 16.2 Å². The number of hydrogen-bond donors (Lipinski definition) is 2. The lowest BCUT2D eigenvalue weighted by atomic mass is 10.1. The molecule has 0 saturated heterocycles. The molecule has 2 rings (SSSR count). The summed E-state index contributed by atoms with van der Waals surface area (Å²) in [6, 6.07) is 12.2. The number of ether oxygens (including phenoxy) is 1. The minimum absolute atomic E-state index is 0.350. The van der Waals surface area contributed by atoms with Gasteiger partial charge in [0.2, 0.25) is 0 Å². The van der Waals surface area contributed by atoms with Crippen molar-refractivity contribution in [3.63, 3.8) is 0 Å². The number of primary amides is 1. The van der Waals surface area contributed by atoms with E-state index in [-0.39, 0.29) is 0 Å². The number of rotatable bonds is 3. The lowest BCUT2D eigenvalue weighted by Crippen LogP contribution is -2.12. The van der Waals surface area contributed by atoms with Crippen LogP contribution in [0, 0.1) is 6.92 Å². The molecule has 0 bridgehead atoms. The average molecular weight is 242 g/mol. The number of nitrogen functional groups attached to an aromatic ring is 1. The van der Waals surface area contributed by atoms with E-state index in [2.05, 4.69) is 0 Å². The standard InChI is InChI=1S/C14H14N2O2/c1-9-5-6-12(14(16)17)13(7-9)18-11-4-2-3-10(15)8-11/h2-8H,15H2,1H3,(H2,16,17). The zero-order valence-electron chi connectivity index (χ0n) is 10.0. The predicted octanol–water partition coefficient (Wildman–Crippen LogP) is 2.47. The van der Waals surface area contributed by atoms with Crippen molar-refractivity contribution in [2.24, 2.45) is 5.73 Å². The van der Waals surface area contributed by atoms with Gasteiger partial charge < -0.3 is 16.2 Å². The Bertz CT molecular complexity index is 594. The van der Waals surface area contributed by atoms with Crippen LogP contribution in [0.25, 0.3) is 0 Å². The highest BCUT2D eigenvalue weighted by molar-refractivity contribution is 5.95. The molecule has 0 aliphatic carbocycles. The smallest absolute Gasteiger partial charge is 0.252 e. The van der Waals surface area contributed by atoms with Gasteiger partial charge in [0, 0.05) is 11.8 Å². The number of carbonyl (C=O) groups excluding carboxylic acids is 1. The van der Waals surface area contributed by atoms with Crippen LogP contribution in [-0.4, -0.2) is 5.91 Å². The molecular formula is C14H14N2O2. The first kappa shape index (κ1) is 12.0. The molecule has 0 atom stereocenters. The molecule has 0 saturated carbocycles. The molecule has 0 spiro atoms. The summed E-state index contributed by atoms with van der Waals surface area (Å²) in [6.45, 7) is 1.91. The van der Waals surface area contributed by atoms with E-state index in [0.717, 1.165) is 5.56 Å². The van der Waals surface area contributed by atoms with Gasteiger partial charge in [-0.05, 0) is 36.8 Å². The summed E-state index contributed by atoms with van der Waals surface area (Å²) in [4.78, 5) is 11.3. The van der Waals surface area contributed by atoms with E-state index in [0.29, 0.717) is 22.7 Å². The largest absolute Gasteiger partial charge is 0.456 e. The minimum Gasteiger partial charge on any atom is -0.456 e. The molecule has 2 aromatic carbocycles. The zero-order valence-corrected chi connectivity index (χ0v) is 10.0. The molecule has 0 heterocycles. The molecule has 92 valence electrons. The maximum atomic E-state index is 11.3. The Hall–Kier alpha value is -2.49. The molecule has 4 heteroatoms. The van der Waals surface area contributed by atoms with Crippen molar-refractivity contribution in [1.82, 2.24) is 0 Å². The average Bonchev–Trinajstić information content (AvgIpc) is 2.28. The number of anilines is 1. The van der Waals surface area contributed by atoms with Crippen molar-refractivity contribution in [2.75, 3.05) is 5.73 Å². The second-order valence-electron chi connectivity index (χ2n) is 4.04. The van der Waals surface area contributed by atoms with Crippen LogP contribution in [0.2, 0.25) is 0 Å². The van der Waals surface area contributed by atoms with E-state index in [9.17, 15) is 4.79 Å². The fraction of sp³-hybridized carbons (Fsp3) is 0.0714. The molecule has 4 nitrogen and oxygen atoms in total. The quantitative estimate of drug-likeness (QED) is 0.811. The normalized spacial score (nSPS) is 10.1. The summed E-state index contributed by atoms with van der Waals surface area (Å²) in [5, 5.41) is 0. The summed E-state index contributed by atoms with van der Waals surface area (Å²) in [5.41, 5.74) is 12.9. The molecule has 0 aromatic heterocycles. The first-order chi connectivity index (χ1) is 8.56. The lowest BCUT2D eigenvalue weighted by Gasteiger charge is -2.10. The van der Waals surface area contributed by atoms with Crippen molar-refractivity contribution in [3.8, 4) is 11.5 Å². The van der Waals surface area contributed by atoms with Gasteiger partial charge in [0.15, 0.2) is 0 Å². The summed E-state index contributed by atoms with van der Waals surface area (Å²) in [6.07, 6.45) is 0. The summed E-state index contributed by atoms with van der Waals surface area (Å²) < 4.78 is 5.65. The molecule has 1 amide bonds. The molecule has 0 radical (unpaired) electrons. The van der Waals surface area contributed by atoms with Crippen molar-refractivity contribution >= 4 is 11.6 Å². The Labute approximate surface area is 105 Å². The van der Waals surface area contributed by atoms with Gasteiger partial charge in [-0.25, -0.2) is 0 Å². The minimum atomic E-state index is -0.520. The predicted molar refractivity (Wildman–Crippen MR) is 70.6 cm³/mol. The third kappa shape index (κ3) is 2.60. The Morgan fingerprint density at radius 1 is 1.17 bits per heavy atom. The fourth-order valence-corrected chi connectivity index (χ4v) is 1.62. The van der Waals surface area contributed by atoms with E-state index in [1.54, 1.807) is 36.4 Å². The van der Waals surface area contributed by atoms with Crippen molar-refractivity contribution in [1.29, 1.82) is 0 Å². The van der Waals surface area contributed by atoms with Gasteiger partial charge in [0.05, 0.1) is 5.56 Å². The van der Waals surface area contributed by atoms with Crippen molar-refractivity contribution in [3.05, 3.63) is 53.6 Å². The third-order valence-electron chi connectivity index (χ3n) is 2.49. The van der Waals surface area contributed by atoms with E-state index < -0.39 is 5.91 Å². The number of amides is 1. The van der Waals surface area contributed by atoms with Gasteiger partial charge >= 0.3 is 0 Å². The van der Waals surface area contributed by atoms with E-state index in [1.807, 2.05) is 13.0 Å². The van der Waals surface area contributed by atoms with E-state index in [1.165, 1.54) is 0 Å². The van der Waals surface area contributed by atoms with Crippen molar-refractivity contribution in [2.45, 2.75) is 6.92 Å². The van der Waals surface area contributed by atoms with Crippen LogP contribution in [0.4, 0.5) is 5.69 Å². The first-order valence-corrected chi connectivity index (χ1v) is 5.50. The van der Waals surface area contributed by atoms with E-state index >= 15 is 0 Å². The maximum absolute atomic E-state index is 11.3. The van der Waals surface area contributed by atoms with Crippen LogP contribution >= 0.6 is 0 Å². The first-order valence-electron chi connectivity index (χ1n) is 5.50. The van der Waals surface area contributed by atoms with Gasteiger partial charge in [-0.3, -0.25) is 4.79 Å². The second-order valence-corrected chi connectivity index (χ2v) is 4.04. The highest BCUT2D eigenvalue weighted by Crippen LogP contribution is 2.27. The molecule has 2 aromatic rings. The summed E-state index contributed by atoms with van der Waals surface area (Å²) in [5.74, 6) is 0.491. The topological polar surface area (TPSA) is 78.3 Å². The highest BCUT2D eigenvalue weighted by Gasteiger charge is 2.10. The lowest BCUT2D eigenvalue weighted by molar-refractivity contribution is 0.0998. The molecule has 0 fully saturated rings. The van der Waals surface area contributed by atoms with Gasteiger partial charge in [-0.15, -0.1) is 0 Å². The molecular weight excluding hydrogens is 228 g/mol. The maximum Gasteiger partial charge on any atom is 0.252 e. The third-order valence-corrected chi connectivity index (χ3v) is 2.49. The number of benzene rings is 2. The summed E-state index contributed by atoms with van der Waals surface area (Å²) >= 11 is 0. The molecule has 0 aliphatic heterocycles.